The zero-order valence-electron chi connectivity index (χ0n) is 14.3. The molecule has 0 fully saturated rings. The number of sulfonamides is 1. The Hall–Kier alpha value is -2.60. The molecule has 0 heterocycles. The van der Waals surface area contributed by atoms with E-state index in [2.05, 4.69) is 5.32 Å². The topological polar surface area (TPSA) is 99.5 Å². The number of nitrogens with zero attached hydrogens (tertiary/aromatic N) is 2. The molecule has 0 radical (unpaired) electrons. The minimum absolute atomic E-state index is 0.115. The van der Waals surface area contributed by atoms with Crippen LogP contribution in [-0.4, -0.2) is 39.8 Å². The number of ether oxygens (including phenoxy) is 1. The van der Waals surface area contributed by atoms with E-state index in [4.69, 9.17) is 21.6 Å². The summed E-state index contributed by atoms with van der Waals surface area (Å²) in [5, 5.41) is 11.7. The van der Waals surface area contributed by atoms with Gasteiger partial charge in [0.1, 0.15) is 16.7 Å². The largest absolute Gasteiger partial charge is 0.495 e. The number of anilines is 1. The smallest absolute Gasteiger partial charge is 0.255 e. The van der Waals surface area contributed by atoms with Gasteiger partial charge >= 0.3 is 0 Å². The van der Waals surface area contributed by atoms with E-state index in [-0.39, 0.29) is 26.8 Å². The number of halogens is 1. The molecule has 0 saturated carbocycles. The quantitative estimate of drug-likeness (QED) is 0.841. The standard InChI is InChI=1S/C17H16ClN3O4S/c1-21(2)26(23,24)16-8-11(5-7-15(16)25-3)17(22)20-13-6-4-12(10-19)14(18)9-13/h4-9H,1-3H3,(H,20,22). The second-order valence-corrected chi connectivity index (χ2v) is 7.94. The van der Waals surface area contributed by atoms with Crippen molar-refractivity contribution in [3.63, 3.8) is 0 Å². The van der Waals surface area contributed by atoms with Gasteiger partial charge in [-0.2, -0.15) is 5.26 Å². The van der Waals surface area contributed by atoms with E-state index in [0.29, 0.717) is 5.69 Å². The number of nitriles is 1. The highest BCUT2D eigenvalue weighted by Gasteiger charge is 2.24. The fourth-order valence-corrected chi connectivity index (χ4v) is 3.40. The number of methoxy groups -OCH3 is 1. The van der Waals surface area contributed by atoms with Gasteiger partial charge in [0.05, 0.1) is 17.7 Å². The molecule has 136 valence electrons. The Labute approximate surface area is 156 Å². The van der Waals surface area contributed by atoms with Gasteiger partial charge < -0.3 is 10.1 Å². The van der Waals surface area contributed by atoms with E-state index < -0.39 is 15.9 Å². The zero-order chi connectivity index (χ0) is 19.5. The molecule has 0 atom stereocenters. The van der Waals surface area contributed by atoms with Crippen LogP contribution in [0, 0.1) is 11.3 Å². The molecular formula is C17H16ClN3O4S. The normalized spacial score (nSPS) is 11.1. The first-order chi connectivity index (χ1) is 12.2. The van der Waals surface area contributed by atoms with E-state index in [9.17, 15) is 13.2 Å². The van der Waals surface area contributed by atoms with Gasteiger partial charge in [-0.25, -0.2) is 12.7 Å². The van der Waals surface area contributed by atoms with Crippen molar-refractivity contribution in [2.75, 3.05) is 26.5 Å². The summed E-state index contributed by atoms with van der Waals surface area (Å²) in [5.74, 6) is -0.389. The second kappa shape index (κ2) is 7.74. The summed E-state index contributed by atoms with van der Waals surface area (Å²) in [4.78, 5) is 12.3. The predicted octanol–water partition coefficient (Wildman–Crippen LogP) is 2.72. The molecule has 0 saturated heterocycles. The van der Waals surface area contributed by atoms with Crippen molar-refractivity contribution in [2.45, 2.75) is 4.90 Å². The van der Waals surface area contributed by atoms with Crippen LogP contribution in [0.15, 0.2) is 41.3 Å². The molecule has 0 aromatic heterocycles. The third-order valence-corrected chi connectivity index (χ3v) is 5.68. The van der Waals surface area contributed by atoms with Gasteiger partial charge in [0, 0.05) is 25.3 Å². The summed E-state index contributed by atoms with van der Waals surface area (Å²) in [5.41, 5.74) is 0.798. The van der Waals surface area contributed by atoms with E-state index >= 15 is 0 Å². The molecule has 0 aliphatic carbocycles. The molecular weight excluding hydrogens is 378 g/mol. The van der Waals surface area contributed by atoms with E-state index in [0.717, 1.165) is 4.31 Å². The lowest BCUT2D eigenvalue weighted by atomic mass is 10.2. The summed E-state index contributed by atoms with van der Waals surface area (Å²) in [6, 6.07) is 10.5. The van der Waals surface area contributed by atoms with Crippen LogP contribution < -0.4 is 10.1 Å². The Morgan fingerprint density at radius 3 is 2.46 bits per heavy atom. The van der Waals surface area contributed by atoms with Crippen molar-refractivity contribution in [1.29, 1.82) is 5.26 Å². The van der Waals surface area contributed by atoms with Crippen LogP contribution in [0.5, 0.6) is 5.75 Å². The Balaban J connectivity index is 2.38. The third-order valence-electron chi connectivity index (χ3n) is 3.53. The SMILES string of the molecule is COc1ccc(C(=O)Nc2ccc(C#N)c(Cl)c2)cc1S(=O)(=O)N(C)C. The molecule has 0 bridgehead atoms. The van der Waals surface area contributed by atoms with Crippen LogP contribution in [0.2, 0.25) is 5.02 Å². The highest BCUT2D eigenvalue weighted by atomic mass is 35.5. The molecule has 2 aromatic rings. The van der Waals surface area contributed by atoms with E-state index in [1.165, 1.54) is 57.6 Å². The lowest BCUT2D eigenvalue weighted by molar-refractivity contribution is 0.102. The van der Waals surface area contributed by atoms with Crippen molar-refractivity contribution >= 4 is 33.2 Å². The minimum Gasteiger partial charge on any atom is -0.495 e. The predicted molar refractivity (Wildman–Crippen MR) is 98.0 cm³/mol. The van der Waals surface area contributed by atoms with Crippen LogP contribution >= 0.6 is 11.6 Å². The zero-order valence-corrected chi connectivity index (χ0v) is 15.9. The van der Waals surface area contributed by atoms with Crippen molar-refractivity contribution in [1.82, 2.24) is 4.31 Å². The van der Waals surface area contributed by atoms with Gasteiger partial charge in [0.2, 0.25) is 10.0 Å². The second-order valence-electron chi connectivity index (χ2n) is 5.41. The summed E-state index contributed by atoms with van der Waals surface area (Å²) in [7, 11) is 0.335. The van der Waals surface area contributed by atoms with Gasteiger partial charge in [-0.1, -0.05) is 11.6 Å². The Kier molecular flexibility index (Phi) is 5.87. The molecule has 1 amide bonds. The van der Waals surface area contributed by atoms with Gasteiger partial charge in [0.25, 0.3) is 5.91 Å². The first-order valence-corrected chi connectivity index (χ1v) is 9.14. The molecule has 0 aliphatic heterocycles. The lowest BCUT2D eigenvalue weighted by Gasteiger charge is -2.15. The Morgan fingerprint density at radius 1 is 1.23 bits per heavy atom. The molecule has 2 aromatic carbocycles. The van der Waals surface area contributed by atoms with Crippen molar-refractivity contribution in [2.24, 2.45) is 0 Å². The maximum atomic E-state index is 12.5. The van der Waals surface area contributed by atoms with Gasteiger partial charge in [0.15, 0.2) is 0 Å². The van der Waals surface area contributed by atoms with Gasteiger partial charge in [-0.3, -0.25) is 4.79 Å². The maximum absolute atomic E-state index is 12.5. The van der Waals surface area contributed by atoms with Crippen LogP contribution in [0.3, 0.4) is 0 Å². The van der Waals surface area contributed by atoms with Crippen molar-refractivity contribution in [3.8, 4) is 11.8 Å². The number of benzene rings is 2. The third kappa shape index (κ3) is 3.96. The van der Waals surface area contributed by atoms with Crippen LogP contribution in [0.1, 0.15) is 15.9 Å². The average molecular weight is 394 g/mol. The molecule has 0 aliphatic rings. The Bertz CT molecular complexity index is 998. The van der Waals surface area contributed by atoms with Crippen LogP contribution in [0.25, 0.3) is 0 Å². The number of amides is 1. The summed E-state index contributed by atoms with van der Waals surface area (Å²) in [6.45, 7) is 0. The lowest BCUT2D eigenvalue weighted by Crippen LogP contribution is -2.23. The van der Waals surface area contributed by atoms with Crippen LogP contribution in [-0.2, 0) is 10.0 Å². The Morgan fingerprint density at radius 2 is 1.92 bits per heavy atom. The fraction of sp³-hybridized carbons (Fsp3) is 0.176. The molecule has 1 N–H and O–H groups in total. The minimum atomic E-state index is -3.79. The maximum Gasteiger partial charge on any atom is 0.255 e. The van der Waals surface area contributed by atoms with Crippen LogP contribution in [0.4, 0.5) is 5.69 Å². The number of nitrogens with one attached hydrogen (secondary N) is 1. The fourth-order valence-electron chi connectivity index (χ4n) is 2.10. The monoisotopic (exact) mass is 393 g/mol. The van der Waals surface area contributed by atoms with Crippen molar-refractivity contribution < 1.29 is 17.9 Å². The number of carbonyl (C=O) groups is 1. The first kappa shape index (κ1) is 19.7. The average Bonchev–Trinajstić information content (AvgIpc) is 2.61. The summed E-state index contributed by atoms with van der Waals surface area (Å²) in [6.07, 6.45) is 0. The molecule has 0 spiro atoms. The number of carbonyl (C=O) groups excluding carboxylic acids is 1. The van der Waals surface area contributed by atoms with Gasteiger partial charge in [-0.05, 0) is 36.4 Å². The first-order valence-electron chi connectivity index (χ1n) is 7.32. The molecule has 2 rings (SSSR count). The number of rotatable bonds is 5. The van der Waals surface area contributed by atoms with Crippen molar-refractivity contribution in [3.05, 3.63) is 52.5 Å². The molecule has 0 unspecified atom stereocenters. The summed E-state index contributed by atoms with van der Waals surface area (Å²) >= 11 is 5.94. The van der Waals surface area contributed by atoms with Gasteiger partial charge in [-0.15, -0.1) is 0 Å². The van der Waals surface area contributed by atoms with E-state index in [1.807, 2.05) is 6.07 Å². The highest BCUT2D eigenvalue weighted by Crippen LogP contribution is 2.27. The molecule has 7 nitrogen and oxygen atoms in total. The highest BCUT2D eigenvalue weighted by molar-refractivity contribution is 7.89. The summed E-state index contributed by atoms with van der Waals surface area (Å²) < 4.78 is 31.0. The molecule has 26 heavy (non-hydrogen) atoms. The molecule has 9 heteroatoms. The number of hydrogen-bond donors (Lipinski definition) is 1. The number of hydrogen-bond acceptors (Lipinski definition) is 5. The van der Waals surface area contributed by atoms with E-state index in [1.54, 1.807) is 0 Å².